The maximum Gasteiger partial charge on any atom is 0.272 e. The van der Waals surface area contributed by atoms with Crippen LogP contribution in [0.15, 0.2) is 45.7 Å². The highest BCUT2D eigenvalue weighted by Crippen LogP contribution is 2.33. The summed E-state index contributed by atoms with van der Waals surface area (Å²) in [6, 6.07) is 11.5. The molecule has 1 aliphatic heterocycles. The zero-order valence-electron chi connectivity index (χ0n) is 18.4. The molecule has 0 radical (unpaired) electrons. The highest BCUT2D eigenvalue weighted by Gasteiger charge is 2.35. The van der Waals surface area contributed by atoms with Crippen molar-refractivity contribution in [3.63, 3.8) is 0 Å². The van der Waals surface area contributed by atoms with Crippen LogP contribution in [0, 0.1) is 20.8 Å². The Kier molecular flexibility index (Phi) is 4.65. The molecule has 1 atom stereocenters. The molecule has 0 N–H and O–H groups in total. The summed E-state index contributed by atoms with van der Waals surface area (Å²) >= 11 is 0. The number of nitrogens with zero attached hydrogens (tertiary/aromatic N) is 5. The number of amides is 1. The molecule has 162 valence electrons. The Morgan fingerprint density at radius 2 is 1.81 bits per heavy atom. The minimum Gasteiger partial charge on any atom is -0.339 e. The summed E-state index contributed by atoms with van der Waals surface area (Å²) in [5, 5.41) is 4.14. The lowest BCUT2D eigenvalue weighted by Gasteiger charge is -2.17. The Morgan fingerprint density at radius 3 is 2.59 bits per heavy atom. The van der Waals surface area contributed by atoms with Gasteiger partial charge in [0, 0.05) is 31.3 Å². The molecule has 2 aromatic carbocycles. The van der Waals surface area contributed by atoms with E-state index in [1.807, 2.05) is 43.3 Å². The van der Waals surface area contributed by atoms with Crippen molar-refractivity contribution in [2.75, 3.05) is 11.4 Å². The fourth-order valence-electron chi connectivity index (χ4n) is 4.15. The van der Waals surface area contributed by atoms with E-state index in [1.54, 1.807) is 23.4 Å². The summed E-state index contributed by atoms with van der Waals surface area (Å²) < 4.78 is 7.12. The fourth-order valence-corrected chi connectivity index (χ4v) is 4.15. The molecule has 3 heterocycles. The number of carbonyl (C=O) groups is 1. The maximum absolute atomic E-state index is 12.7. The van der Waals surface area contributed by atoms with Crippen LogP contribution in [0.25, 0.3) is 22.4 Å². The molecule has 32 heavy (non-hydrogen) atoms. The molecule has 8 nitrogen and oxygen atoms in total. The van der Waals surface area contributed by atoms with Crippen LogP contribution in [0.2, 0.25) is 0 Å². The molecule has 0 bridgehead atoms. The Hall–Kier alpha value is -3.81. The van der Waals surface area contributed by atoms with E-state index in [-0.39, 0.29) is 17.4 Å². The Balaban J connectivity index is 1.42. The summed E-state index contributed by atoms with van der Waals surface area (Å²) in [7, 11) is 1.73. The number of hydrogen-bond acceptors (Lipinski definition) is 6. The molecule has 0 spiro atoms. The fraction of sp³-hybridized carbons (Fsp3) is 0.292. The number of aromatic nitrogens is 4. The van der Waals surface area contributed by atoms with Crippen molar-refractivity contribution in [2.45, 2.75) is 33.1 Å². The van der Waals surface area contributed by atoms with Gasteiger partial charge in [-0.25, -0.2) is 4.98 Å². The zero-order chi connectivity index (χ0) is 22.6. The van der Waals surface area contributed by atoms with E-state index in [9.17, 15) is 9.59 Å². The third kappa shape index (κ3) is 3.28. The largest absolute Gasteiger partial charge is 0.339 e. The first-order valence-corrected chi connectivity index (χ1v) is 10.5. The predicted molar refractivity (Wildman–Crippen MR) is 121 cm³/mol. The highest BCUT2D eigenvalue weighted by atomic mass is 16.5. The topological polar surface area (TPSA) is 94.1 Å². The number of rotatable bonds is 3. The van der Waals surface area contributed by atoms with Crippen molar-refractivity contribution < 1.29 is 9.32 Å². The molecular weight excluding hydrogens is 406 g/mol. The molecule has 0 aliphatic carbocycles. The summed E-state index contributed by atoms with van der Waals surface area (Å²) in [4.78, 5) is 35.5. The molecule has 4 aromatic rings. The molecule has 0 saturated carbocycles. The SMILES string of the molecule is Cc1ccc(N2C[C@@H](c3nc(-c4ccc5c(c4)nc(C)c(=O)n5C)no3)CC2=O)cc1C. The Labute approximate surface area is 184 Å². The van der Waals surface area contributed by atoms with E-state index in [1.165, 1.54) is 5.56 Å². The first-order chi connectivity index (χ1) is 15.3. The van der Waals surface area contributed by atoms with Crippen molar-refractivity contribution in [3.05, 3.63) is 69.5 Å². The Morgan fingerprint density at radius 1 is 1.00 bits per heavy atom. The van der Waals surface area contributed by atoms with Crippen molar-refractivity contribution in [1.82, 2.24) is 19.7 Å². The summed E-state index contributed by atoms with van der Waals surface area (Å²) in [5.41, 5.74) is 5.71. The summed E-state index contributed by atoms with van der Waals surface area (Å²) in [6.45, 7) is 6.29. The lowest BCUT2D eigenvalue weighted by Crippen LogP contribution is -2.24. The van der Waals surface area contributed by atoms with Crippen LogP contribution in [-0.2, 0) is 11.8 Å². The minimum absolute atomic E-state index is 0.0456. The predicted octanol–water partition coefficient (Wildman–Crippen LogP) is 3.43. The van der Waals surface area contributed by atoms with Gasteiger partial charge in [0.25, 0.3) is 5.56 Å². The van der Waals surface area contributed by atoms with Crippen molar-refractivity contribution >= 4 is 22.6 Å². The third-order valence-corrected chi connectivity index (χ3v) is 6.22. The van der Waals surface area contributed by atoms with Crippen molar-refractivity contribution in [3.8, 4) is 11.4 Å². The lowest BCUT2D eigenvalue weighted by molar-refractivity contribution is -0.117. The second-order valence-electron chi connectivity index (χ2n) is 8.40. The summed E-state index contributed by atoms with van der Waals surface area (Å²) in [6.07, 6.45) is 0.329. The van der Waals surface area contributed by atoms with E-state index in [0.717, 1.165) is 22.3 Å². The van der Waals surface area contributed by atoms with Crippen LogP contribution < -0.4 is 10.5 Å². The number of carbonyl (C=O) groups excluding carboxylic acids is 1. The van der Waals surface area contributed by atoms with Gasteiger partial charge in [-0.1, -0.05) is 11.2 Å². The van der Waals surface area contributed by atoms with Gasteiger partial charge in [-0.15, -0.1) is 0 Å². The van der Waals surface area contributed by atoms with E-state index in [0.29, 0.717) is 35.9 Å². The van der Waals surface area contributed by atoms with Gasteiger partial charge in [0.1, 0.15) is 5.69 Å². The number of anilines is 1. The van der Waals surface area contributed by atoms with Gasteiger partial charge in [0.15, 0.2) is 0 Å². The second-order valence-corrected chi connectivity index (χ2v) is 8.40. The Bertz CT molecular complexity index is 1440. The van der Waals surface area contributed by atoms with E-state index < -0.39 is 0 Å². The second kappa shape index (κ2) is 7.40. The molecule has 2 aromatic heterocycles. The van der Waals surface area contributed by atoms with Crippen LogP contribution >= 0.6 is 0 Å². The third-order valence-electron chi connectivity index (χ3n) is 6.22. The first kappa shape index (κ1) is 20.1. The lowest BCUT2D eigenvalue weighted by atomic mass is 10.1. The van der Waals surface area contributed by atoms with Crippen LogP contribution in [-0.4, -0.2) is 32.1 Å². The standard InChI is InChI=1S/C24H23N5O3/c1-13-5-7-18(9-14(13)2)29-12-17(11-21(29)30)23-26-22(27-32-23)16-6-8-20-19(10-16)25-15(3)24(31)28(20)4/h5-10,17H,11-12H2,1-4H3/t17-/m0/s1. The molecule has 1 saturated heterocycles. The molecular formula is C24H23N5O3. The van der Waals surface area contributed by atoms with Crippen LogP contribution in [0.1, 0.15) is 35.1 Å². The van der Waals surface area contributed by atoms with Crippen molar-refractivity contribution in [2.24, 2.45) is 7.05 Å². The zero-order valence-corrected chi connectivity index (χ0v) is 18.4. The van der Waals surface area contributed by atoms with E-state index in [2.05, 4.69) is 22.0 Å². The minimum atomic E-state index is -0.160. The molecule has 1 aliphatic rings. The number of benzene rings is 2. The van der Waals surface area contributed by atoms with Gasteiger partial charge in [-0.3, -0.25) is 9.59 Å². The van der Waals surface area contributed by atoms with E-state index >= 15 is 0 Å². The highest BCUT2D eigenvalue weighted by molar-refractivity contribution is 5.96. The van der Waals surface area contributed by atoms with Gasteiger partial charge >= 0.3 is 0 Å². The average molecular weight is 429 g/mol. The van der Waals surface area contributed by atoms with Gasteiger partial charge in [0.05, 0.1) is 17.0 Å². The van der Waals surface area contributed by atoms with E-state index in [4.69, 9.17) is 4.52 Å². The monoisotopic (exact) mass is 429 g/mol. The van der Waals surface area contributed by atoms with Gasteiger partial charge in [0.2, 0.25) is 17.6 Å². The number of hydrogen-bond donors (Lipinski definition) is 0. The molecule has 0 unspecified atom stereocenters. The smallest absolute Gasteiger partial charge is 0.272 e. The van der Waals surface area contributed by atoms with Crippen LogP contribution in [0.3, 0.4) is 0 Å². The molecule has 1 fully saturated rings. The van der Waals surface area contributed by atoms with Crippen LogP contribution in [0.5, 0.6) is 0 Å². The maximum atomic E-state index is 12.7. The number of aryl methyl sites for hydroxylation is 4. The first-order valence-electron chi connectivity index (χ1n) is 10.5. The van der Waals surface area contributed by atoms with Gasteiger partial charge in [-0.05, 0) is 62.2 Å². The average Bonchev–Trinajstić information content (AvgIpc) is 3.41. The molecule has 8 heteroatoms. The quantitative estimate of drug-likeness (QED) is 0.495. The van der Waals surface area contributed by atoms with Crippen LogP contribution in [0.4, 0.5) is 5.69 Å². The molecule has 1 amide bonds. The number of fused-ring (bicyclic) bond motifs is 1. The normalized spacial score (nSPS) is 16.3. The molecule has 5 rings (SSSR count). The summed E-state index contributed by atoms with van der Waals surface area (Å²) in [5.74, 6) is 0.771. The van der Waals surface area contributed by atoms with Gasteiger partial charge in [-0.2, -0.15) is 4.98 Å². The van der Waals surface area contributed by atoms with Crippen molar-refractivity contribution in [1.29, 1.82) is 0 Å². The van der Waals surface area contributed by atoms with Gasteiger partial charge < -0.3 is 14.0 Å².